The lowest BCUT2D eigenvalue weighted by Gasteiger charge is -2.26. The zero-order valence-corrected chi connectivity index (χ0v) is 14.8. The average molecular weight is 342 g/mol. The third-order valence-electron chi connectivity index (χ3n) is 4.91. The molecule has 0 aliphatic carbocycles. The van der Waals surface area contributed by atoms with Gasteiger partial charge in [0.05, 0.1) is 6.04 Å². The van der Waals surface area contributed by atoms with Gasteiger partial charge >= 0.3 is 0 Å². The molecular formula is C20H26N2O3. The molecule has 1 saturated heterocycles. The van der Waals surface area contributed by atoms with Crippen LogP contribution in [0.25, 0.3) is 0 Å². The number of amides is 2. The molecule has 0 saturated carbocycles. The first-order chi connectivity index (χ1) is 12.2. The summed E-state index contributed by atoms with van der Waals surface area (Å²) >= 11 is 0. The lowest BCUT2D eigenvalue weighted by Crippen LogP contribution is -2.38. The highest BCUT2D eigenvalue weighted by atomic mass is 16.5. The van der Waals surface area contributed by atoms with Crippen molar-refractivity contribution in [3.63, 3.8) is 0 Å². The summed E-state index contributed by atoms with van der Waals surface area (Å²) in [5, 5.41) is 0. The second-order valence-electron chi connectivity index (χ2n) is 6.62. The maximum atomic E-state index is 12.6. The first-order valence-corrected chi connectivity index (χ1v) is 9.17. The maximum absolute atomic E-state index is 12.6. The van der Waals surface area contributed by atoms with E-state index in [0.717, 1.165) is 32.4 Å². The molecule has 2 amide bonds. The Balaban J connectivity index is 1.53. The van der Waals surface area contributed by atoms with E-state index in [1.807, 2.05) is 15.9 Å². The Morgan fingerprint density at radius 1 is 1.12 bits per heavy atom. The van der Waals surface area contributed by atoms with E-state index in [4.69, 9.17) is 4.74 Å². The molecule has 5 nitrogen and oxygen atoms in total. The minimum atomic E-state index is 0.0350. The SMILES string of the molecule is CC[C@@H]1C=CCN1C(=O)c1ccc(OCC(=O)N2CCCCC2)cc1. The molecule has 2 aliphatic heterocycles. The second-order valence-corrected chi connectivity index (χ2v) is 6.62. The van der Waals surface area contributed by atoms with E-state index in [1.54, 1.807) is 24.3 Å². The molecule has 0 unspecified atom stereocenters. The molecule has 2 aliphatic rings. The van der Waals surface area contributed by atoms with Crippen LogP contribution in [0, 0.1) is 0 Å². The first-order valence-electron chi connectivity index (χ1n) is 9.17. The third-order valence-corrected chi connectivity index (χ3v) is 4.91. The number of rotatable bonds is 5. The quantitative estimate of drug-likeness (QED) is 0.773. The normalized spacial score (nSPS) is 20.0. The van der Waals surface area contributed by atoms with Crippen LogP contribution in [0.1, 0.15) is 43.0 Å². The Kier molecular flexibility index (Phi) is 5.74. The fourth-order valence-electron chi connectivity index (χ4n) is 3.40. The van der Waals surface area contributed by atoms with Crippen molar-refractivity contribution < 1.29 is 14.3 Å². The second kappa shape index (κ2) is 8.19. The highest BCUT2D eigenvalue weighted by Gasteiger charge is 2.24. The fourth-order valence-corrected chi connectivity index (χ4v) is 3.40. The van der Waals surface area contributed by atoms with Crippen molar-refractivity contribution >= 4 is 11.8 Å². The van der Waals surface area contributed by atoms with E-state index in [1.165, 1.54) is 6.42 Å². The van der Waals surface area contributed by atoms with Gasteiger partial charge in [0.1, 0.15) is 5.75 Å². The fraction of sp³-hybridized carbons (Fsp3) is 0.500. The van der Waals surface area contributed by atoms with Crippen molar-refractivity contribution in [2.75, 3.05) is 26.2 Å². The number of likely N-dealkylation sites (tertiary alicyclic amines) is 1. The van der Waals surface area contributed by atoms with Crippen molar-refractivity contribution in [1.82, 2.24) is 9.80 Å². The summed E-state index contributed by atoms with van der Waals surface area (Å²) in [6, 6.07) is 7.26. The summed E-state index contributed by atoms with van der Waals surface area (Å²) in [5.74, 6) is 0.690. The van der Waals surface area contributed by atoms with E-state index in [9.17, 15) is 9.59 Å². The minimum Gasteiger partial charge on any atom is -0.484 e. The highest BCUT2D eigenvalue weighted by Crippen LogP contribution is 2.19. The van der Waals surface area contributed by atoms with Crippen LogP contribution in [-0.2, 0) is 4.79 Å². The van der Waals surface area contributed by atoms with E-state index in [0.29, 0.717) is 17.9 Å². The lowest BCUT2D eigenvalue weighted by molar-refractivity contribution is -0.134. The summed E-state index contributed by atoms with van der Waals surface area (Å²) in [6.07, 6.45) is 8.39. The number of carbonyl (C=O) groups excluding carboxylic acids is 2. The van der Waals surface area contributed by atoms with E-state index in [2.05, 4.69) is 13.0 Å². The Labute approximate surface area is 149 Å². The molecule has 25 heavy (non-hydrogen) atoms. The van der Waals surface area contributed by atoms with E-state index >= 15 is 0 Å². The predicted octanol–water partition coefficient (Wildman–Crippen LogP) is 2.87. The largest absolute Gasteiger partial charge is 0.484 e. The van der Waals surface area contributed by atoms with Crippen LogP contribution in [0.2, 0.25) is 0 Å². The van der Waals surface area contributed by atoms with Gasteiger partial charge in [0, 0.05) is 25.2 Å². The monoisotopic (exact) mass is 342 g/mol. The van der Waals surface area contributed by atoms with Crippen LogP contribution in [-0.4, -0.2) is 53.9 Å². The van der Waals surface area contributed by atoms with Gasteiger partial charge in [-0.15, -0.1) is 0 Å². The van der Waals surface area contributed by atoms with Gasteiger partial charge in [-0.3, -0.25) is 9.59 Å². The number of carbonyl (C=O) groups is 2. The zero-order chi connectivity index (χ0) is 17.6. The molecule has 0 aromatic heterocycles. The van der Waals surface area contributed by atoms with Crippen LogP contribution in [0.3, 0.4) is 0 Å². The molecule has 1 fully saturated rings. The van der Waals surface area contributed by atoms with Gasteiger partial charge in [-0.05, 0) is 49.9 Å². The van der Waals surface area contributed by atoms with Crippen molar-refractivity contribution in [2.45, 2.75) is 38.6 Å². The van der Waals surface area contributed by atoms with Gasteiger partial charge < -0.3 is 14.5 Å². The predicted molar refractivity (Wildman–Crippen MR) is 96.6 cm³/mol. The van der Waals surface area contributed by atoms with Gasteiger partial charge in [-0.25, -0.2) is 0 Å². The topological polar surface area (TPSA) is 49.9 Å². The molecule has 0 radical (unpaired) electrons. The molecule has 1 aromatic rings. The molecule has 0 bridgehead atoms. The zero-order valence-electron chi connectivity index (χ0n) is 14.8. The molecule has 1 atom stereocenters. The van der Waals surface area contributed by atoms with Crippen molar-refractivity contribution in [1.29, 1.82) is 0 Å². The summed E-state index contributed by atoms with van der Waals surface area (Å²) in [7, 11) is 0. The average Bonchev–Trinajstić information content (AvgIpc) is 3.15. The van der Waals surface area contributed by atoms with Crippen LogP contribution in [0.5, 0.6) is 5.75 Å². The Morgan fingerprint density at radius 2 is 1.84 bits per heavy atom. The molecule has 1 aromatic carbocycles. The minimum absolute atomic E-state index is 0.0350. The van der Waals surface area contributed by atoms with Gasteiger partial charge in [0.15, 0.2) is 6.61 Å². The molecule has 0 N–H and O–H groups in total. The summed E-state index contributed by atoms with van der Waals surface area (Å²) in [4.78, 5) is 28.4. The van der Waals surface area contributed by atoms with Gasteiger partial charge in [0.25, 0.3) is 11.8 Å². The summed E-state index contributed by atoms with van der Waals surface area (Å²) in [6.45, 7) is 4.47. The van der Waals surface area contributed by atoms with Crippen molar-refractivity contribution in [2.24, 2.45) is 0 Å². The Hall–Kier alpha value is -2.30. The van der Waals surface area contributed by atoms with E-state index < -0.39 is 0 Å². The smallest absolute Gasteiger partial charge is 0.260 e. The maximum Gasteiger partial charge on any atom is 0.260 e. The lowest BCUT2D eigenvalue weighted by atomic mass is 10.1. The number of hydrogen-bond donors (Lipinski definition) is 0. The van der Waals surface area contributed by atoms with Gasteiger partial charge in [0.2, 0.25) is 0 Å². The Morgan fingerprint density at radius 3 is 2.52 bits per heavy atom. The Bertz CT molecular complexity index is 633. The van der Waals surface area contributed by atoms with E-state index in [-0.39, 0.29) is 24.5 Å². The van der Waals surface area contributed by atoms with Crippen molar-refractivity contribution in [3.8, 4) is 5.75 Å². The van der Waals surface area contributed by atoms with Crippen molar-refractivity contribution in [3.05, 3.63) is 42.0 Å². The molecule has 2 heterocycles. The van der Waals surface area contributed by atoms with Crippen LogP contribution in [0.15, 0.2) is 36.4 Å². The number of benzene rings is 1. The van der Waals surface area contributed by atoms with Crippen LogP contribution < -0.4 is 4.74 Å². The third kappa shape index (κ3) is 4.21. The highest BCUT2D eigenvalue weighted by molar-refractivity contribution is 5.95. The van der Waals surface area contributed by atoms with Crippen LogP contribution >= 0.6 is 0 Å². The number of ether oxygens (including phenoxy) is 1. The summed E-state index contributed by atoms with van der Waals surface area (Å²) in [5.41, 5.74) is 0.650. The van der Waals surface area contributed by atoms with Crippen LogP contribution in [0.4, 0.5) is 0 Å². The standard InChI is InChI=1S/C20H26N2O3/c1-2-17-7-6-14-22(17)20(24)16-8-10-18(11-9-16)25-15-19(23)21-12-4-3-5-13-21/h6-11,17H,2-5,12-15H2,1H3/t17-/m1/s1. The molecular weight excluding hydrogens is 316 g/mol. The molecule has 0 spiro atoms. The number of nitrogens with zero attached hydrogens (tertiary/aromatic N) is 2. The van der Waals surface area contributed by atoms with Gasteiger partial charge in [-0.1, -0.05) is 19.1 Å². The number of hydrogen-bond acceptors (Lipinski definition) is 3. The molecule has 5 heteroatoms. The first kappa shape index (κ1) is 17.5. The molecule has 3 rings (SSSR count). The number of piperidine rings is 1. The summed E-state index contributed by atoms with van der Waals surface area (Å²) < 4.78 is 5.60. The van der Waals surface area contributed by atoms with Gasteiger partial charge in [-0.2, -0.15) is 0 Å². The molecule has 134 valence electrons.